The highest BCUT2D eigenvalue weighted by atomic mass is 32.1. The SMILES string of the molecule is COc1ccccc1CC(=O)Nc1nnc(C2CCN(c3ccc(NC(=O)Cc4ccccn4)nn3)CC2)s1. The van der Waals surface area contributed by atoms with Crippen LogP contribution in [0.3, 0.4) is 0 Å². The van der Waals surface area contributed by atoms with Crippen molar-refractivity contribution in [1.82, 2.24) is 25.4 Å². The Balaban J connectivity index is 1.09. The molecule has 5 rings (SSSR count). The van der Waals surface area contributed by atoms with Gasteiger partial charge in [-0.15, -0.1) is 20.4 Å². The number of nitrogens with one attached hydrogen (secondary N) is 2. The molecule has 1 aromatic carbocycles. The van der Waals surface area contributed by atoms with Gasteiger partial charge in [0.25, 0.3) is 0 Å². The molecule has 0 unspecified atom stereocenters. The van der Waals surface area contributed by atoms with Crippen LogP contribution in [0.2, 0.25) is 0 Å². The number of hydrogen-bond acceptors (Lipinski definition) is 10. The van der Waals surface area contributed by atoms with E-state index in [0.29, 0.717) is 22.4 Å². The van der Waals surface area contributed by atoms with Crippen molar-refractivity contribution >= 4 is 39.9 Å². The molecular formula is C27H28N8O3S. The van der Waals surface area contributed by atoms with E-state index in [0.717, 1.165) is 42.3 Å². The van der Waals surface area contributed by atoms with Gasteiger partial charge in [-0.25, -0.2) is 0 Å². The third-order valence-corrected chi connectivity index (χ3v) is 7.39. The summed E-state index contributed by atoms with van der Waals surface area (Å²) in [6, 6.07) is 16.5. The normalized spacial score (nSPS) is 13.6. The molecule has 3 aromatic heterocycles. The molecule has 0 spiro atoms. The highest BCUT2D eigenvalue weighted by molar-refractivity contribution is 7.15. The largest absolute Gasteiger partial charge is 0.496 e. The number of methoxy groups -OCH3 is 1. The molecule has 4 aromatic rings. The lowest BCUT2D eigenvalue weighted by Gasteiger charge is -2.31. The van der Waals surface area contributed by atoms with E-state index in [9.17, 15) is 9.59 Å². The van der Waals surface area contributed by atoms with E-state index in [-0.39, 0.29) is 30.6 Å². The molecule has 4 heterocycles. The number of hydrogen-bond donors (Lipinski definition) is 2. The average Bonchev–Trinajstić information content (AvgIpc) is 3.42. The topological polar surface area (TPSA) is 135 Å². The van der Waals surface area contributed by atoms with Crippen LogP contribution in [-0.4, -0.2) is 57.4 Å². The molecule has 39 heavy (non-hydrogen) atoms. The molecule has 0 aliphatic carbocycles. The van der Waals surface area contributed by atoms with Gasteiger partial charge in [0.1, 0.15) is 10.8 Å². The maximum atomic E-state index is 12.5. The van der Waals surface area contributed by atoms with Gasteiger partial charge in [0, 0.05) is 36.5 Å². The predicted octanol–water partition coefficient (Wildman–Crippen LogP) is 3.48. The van der Waals surface area contributed by atoms with Crippen LogP contribution in [0.5, 0.6) is 5.75 Å². The van der Waals surface area contributed by atoms with Crippen LogP contribution >= 0.6 is 11.3 Å². The fourth-order valence-corrected chi connectivity index (χ4v) is 5.33. The number of para-hydroxylation sites is 1. The molecule has 0 radical (unpaired) electrons. The first-order valence-electron chi connectivity index (χ1n) is 12.6. The Kier molecular flexibility index (Phi) is 8.32. The fraction of sp³-hybridized carbons (Fsp3) is 0.296. The molecule has 0 bridgehead atoms. The van der Waals surface area contributed by atoms with Crippen LogP contribution in [0.1, 0.15) is 35.0 Å². The summed E-state index contributed by atoms with van der Waals surface area (Å²) in [5.74, 6) is 1.76. The minimum atomic E-state index is -0.191. The molecule has 0 saturated carbocycles. The van der Waals surface area contributed by atoms with Gasteiger partial charge >= 0.3 is 0 Å². The van der Waals surface area contributed by atoms with Crippen LogP contribution in [0, 0.1) is 0 Å². The van der Waals surface area contributed by atoms with Crippen molar-refractivity contribution in [3.05, 3.63) is 77.1 Å². The Morgan fingerprint density at radius 2 is 1.72 bits per heavy atom. The van der Waals surface area contributed by atoms with E-state index in [1.54, 1.807) is 25.4 Å². The summed E-state index contributed by atoms with van der Waals surface area (Å²) < 4.78 is 5.32. The number of rotatable bonds is 9. The van der Waals surface area contributed by atoms with Gasteiger partial charge in [-0.1, -0.05) is 35.6 Å². The third-order valence-electron chi connectivity index (χ3n) is 6.38. The maximum Gasteiger partial charge on any atom is 0.231 e. The quantitative estimate of drug-likeness (QED) is 0.325. The molecule has 1 saturated heterocycles. The second-order valence-electron chi connectivity index (χ2n) is 9.07. The Bertz CT molecular complexity index is 1410. The molecule has 11 nitrogen and oxygen atoms in total. The lowest BCUT2D eigenvalue weighted by molar-refractivity contribution is -0.116. The molecular weight excluding hydrogens is 516 g/mol. The van der Waals surface area contributed by atoms with Crippen LogP contribution in [-0.2, 0) is 22.4 Å². The van der Waals surface area contributed by atoms with Crippen molar-refractivity contribution in [3.8, 4) is 5.75 Å². The standard InChI is InChI=1S/C27H28N8O3S/c1-38-21-8-3-2-6-19(21)16-24(36)30-27-34-33-26(39-27)18-11-14-35(15-12-18)23-10-9-22(31-32-23)29-25(37)17-20-7-4-5-13-28-20/h2-10,13,18H,11-12,14-17H2,1H3,(H,29,31,37)(H,30,34,36). The van der Waals surface area contributed by atoms with Gasteiger partial charge in [-0.05, 0) is 43.2 Å². The molecule has 2 amide bonds. The second-order valence-corrected chi connectivity index (χ2v) is 10.1. The molecule has 1 aliphatic rings. The number of pyridine rings is 1. The van der Waals surface area contributed by atoms with Gasteiger partial charge in [0.05, 0.1) is 20.0 Å². The number of amides is 2. The van der Waals surface area contributed by atoms with E-state index in [1.165, 1.54) is 11.3 Å². The molecule has 1 fully saturated rings. The first-order valence-corrected chi connectivity index (χ1v) is 13.4. The van der Waals surface area contributed by atoms with Gasteiger partial charge in [-0.3, -0.25) is 14.6 Å². The van der Waals surface area contributed by atoms with Crippen molar-refractivity contribution < 1.29 is 14.3 Å². The van der Waals surface area contributed by atoms with Gasteiger partial charge in [-0.2, -0.15) is 0 Å². The zero-order valence-electron chi connectivity index (χ0n) is 21.4. The van der Waals surface area contributed by atoms with Gasteiger partial charge in [0.2, 0.25) is 16.9 Å². The monoisotopic (exact) mass is 544 g/mol. The number of aromatic nitrogens is 5. The summed E-state index contributed by atoms with van der Waals surface area (Å²) >= 11 is 1.42. The third kappa shape index (κ3) is 6.90. The number of carbonyl (C=O) groups excluding carboxylic acids is 2. The van der Waals surface area contributed by atoms with E-state index >= 15 is 0 Å². The number of ether oxygens (including phenoxy) is 1. The van der Waals surface area contributed by atoms with E-state index in [4.69, 9.17) is 4.74 Å². The van der Waals surface area contributed by atoms with Crippen molar-refractivity contribution in [2.45, 2.75) is 31.6 Å². The Morgan fingerprint density at radius 3 is 2.46 bits per heavy atom. The summed E-state index contributed by atoms with van der Waals surface area (Å²) in [6.07, 6.45) is 3.80. The molecule has 200 valence electrons. The highest BCUT2D eigenvalue weighted by Gasteiger charge is 2.25. The van der Waals surface area contributed by atoms with Crippen LogP contribution < -0.4 is 20.3 Å². The first-order chi connectivity index (χ1) is 19.1. The van der Waals surface area contributed by atoms with Crippen molar-refractivity contribution in [2.24, 2.45) is 0 Å². The van der Waals surface area contributed by atoms with Crippen LogP contribution in [0.4, 0.5) is 16.8 Å². The van der Waals surface area contributed by atoms with Crippen molar-refractivity contribution in [3.63, 3.8) is 0 Å². The predicted molar refractivity (Wildman–Crippen MR) is 148 cm³/mol. The lowest BCUT2D eigenvalue weighted by Crippen LogP contribution is -2.33. The zero-order chi connectivity index (χ0) is 27.0. The number of nitrogens with zero attached hydrogens (tertiary/aromatic N) is 6. The van der Waals surface area contributed by atoms with Crippen molar-refractivity contribution in [1.29, 1.82) is 0 Å². The highest BCUT2D eigenvalue weighted by Crippen LogP contribution is 2.33. The Morgan fingerprint density at radius 1 is 0.923 bits per heavy atom. The fourth-order valence-electron chi connectivity index (χ4n) is 4.41. The summed E-state index contributed by atoms with van der Waals surface area (Å²) in [7, 11) is 1.59. The second kappa shape index (κ2) is 12.4. The van der Waals surface area contributed by atoms with Gasteiger partial charge < -0.3 is 20.3 Å². The molecule has 0 atom stereocenters. The Labute approximate surface area is 229 Å². The van der Waals surface area contributed by atoms with Gasteiger partial charge in [0.15, 0.2) is 11.6 Å². The maximum absolute atomic E-state index is 12.5. The van der Waals surface area contributed by atoms with E-state index < -0.39 is 0 Å². The van der Waals surface area contributed by atoms with Crippen molar-refractivity contribution in [2.75, 3.05) is 35.7 Å². The summed E-state index contributed by atoms with van der Waals surface area (Å²) in [6.45, 7) is 1.58. The zero-order valence-corrected chi connectivity index (χ0v) is 22.2. The number of anilines is 3. The van der Waals surface area contributed by atoms with E-state index in [1.807, 2.05) is 42.5 Å². The van der Waals surface area contributed by atoms with Crippen LogP contribution in [0.15, 0.2) is 60.8 Å². The lowest BCUT2D eigenvalue weighted by atomic mass is 9.98. The number of benzene rings is 1. The average molecular weight is 545 g/mol. The smallest absolute Gasteiger partial charge is 0.231 e. The molecule has 12 heteroatoms. The summed E-state index contributed by atoms with van der Waals surface area (Å²) in [5, 5.41) is 24.0. The molecule has 2 N–H and O–H groups in total. The molecule has 1 aliphatic heterocycles. The minimum absolute atomic E-state index is 0.160. The minimum Gasteiger partial charge on any atom is -0.496 e. The summed E-state index contributed by atoms with van der Waals surface area (Å²) in [5.41, 5.74) is 1.51. The number of carbonyl (C=O) groups is 2. The van der Waals surface area contributed by atoms with Crippen LogP contribution in [0.25, 0.3) is 0 Å². The summed E-state index contributed by atoms with van der Waals surface area (Å²) in [4.78, 5) is 31.1. The first kappa shape index (κ1) is 26.2. The van der Waals surface area contributed by atoms with E-state index in [2.05, 4.69) is 40.9 Å². The Hall–Kier alpha value is -4.45. The number of piperidine rings is 1.